The second kappa shape index (κ2) is 10.5. The highest BCUT2D eigenvalue weighted by Gasteiger charge is 2.14. The molecular formula is C24H24N2O5S. The molecule has 8 heteroatoms. The SMILES string of the molecule is CCOc1ccc(NS(=O)(=O)c2ccc(NC(=O)C=Cc3ccccc3OC)cc2)cc1. The Balaban J connectivity index is 1.63. The highest BCUT2D eigenvalue weighted by molar-refractivity contribution is 7.92. The molecule has 0 fully saturated rings. The molecule has 0 aromatic heterocycles. The zero-order chi connectivity index (χ0) is 23.0. The van der Waals surface area contributed by atoms with Gasteiger partial charge in [-0.1, -0.05) is 18.2 Å². The molecular weight excluding hydrogens is 428 g/mol. The van der Waals surface area contributed by atoms with Crippen LogP contribution in [0.3, 0.4) is 0 Å². The van der Waals surface area contributed by atoms with E-state index in [1.807, 2.05) is 25.1 Å². The summed E-state index contributed by atoms with van der Waals surface area (Å²) >= 11 is 0. The number of hydrogen-bond donors (Lipinski definition) is 2. The van der Waals surface area contributed by atoms with Gasteiger partial charge >= 0.3 is 0 Å². The molecule has 1 amide bonds. The molecule has 0 saturated heterocycles. The number of benzene rings is 3. The molecule has 0 bridgehead atoms. The van der Waals surface area contributed by atoms with E-state index < -0.39 is 10.0 Å². The maximum absolute atomic E-state index is 12.6. The Morgan fingerprint density at radius 3 is 2.25 bits per heavy atom. The summed E-state index contributed by atoms with van der Waals surface area (Å²) in [5.41, 5.74) is 1.67. The molecule has 0 aliphatic rings. The third kappa shape index (κ3) is 6.12. The van der Waals surface area contributed by atoms with Crippen molar-refractivity contribution in [2.45, 2.75) is 11.8 Å². The van der Waals surface area contributed by atoms with Crippen molar-refractivity contribution < 1.29 is 22.7 Å². The van der Waals surface area contributed by atoms with Gasteiger partial charge < -0.3 is 14.8 Å². The predicted octanol–water partition coefficient (Wildman–Crippen LogP) is 4.55. The molecule has 0 saturated carbocycles. The monoisotopic (exact) mass is 452 g/mol. The zero-order valence-electron chi connectivity index (χ0n) is 17.7. The number of sulfonamides is 1. The van der Waals surface area contributed by atoms with Gasteiger partial charge in [0.15, 0.2) is 0 Å². The number of nitrogens with one attached hydrogen (secondary N) is 2. The van der Waals surface area contributed by atoms with Crippen LogP contribution in [0.2, 0.25) is 0 Å². The first-order valence-electron chi connectivity index (χ1n) is 9.89. The minimum atomic E-state index is -3.77. The van der Waals surface area contributed by atoms with E-state index in [0.717, 1.165) is 5.56 Å². The molecule has 0 aliphatic heterocycles. The summed E-state index contributed by atoms with van der Waals surface area (Å²) in [6.45, 7) is 2.41. The lowest BCUT2D eigenvalue weighted by Gasteiger charge is -2.10. The number of para-hydroxylation sites is 1. The first-order chi connectivity index (χ1) is 15.4. The van der Waals surface area contributed by atoms with E-state index in [4.69, 9.17) is 9.47 Å². The molecule has 3 rings (SSSR count). The van der Waals surface area contributed by atoms with E-state index in [2.05, 4.69) is 10.0 Å². The van der Waals surface area contributed by atoms with Crippen molar-refractivity contribution in [3.05, 3.63) is 84.4 Å². The van der Waals surface area contributed by atoms with Gasteiger partial charge in [0.05, 0.1) is 18.6 Å². The third-order valence-electron chi connectivity index (χ3n) is 4.40. The fourth-order valence-corrected chi connectivity index (χ4v) is 3.93. The highest BCUT2D eigenvalue weighted by atomic mass is 32.2. The lowest BCUT2D eigenvalue weighted by atomic mass is 10.2. The maximum Gasteiger partial charge on any atom is 0.261 e. The van der Waals surface area contributed by atoms with Crippen molar-refractivity contribution in [3.63, 3.8) is 0 Å². The van der Waals surface area contributed by atoms with Crippen LogP contribution in [0.25, 0.3) is 6.08 Å². The lowest BCUT2D eigenvalue weighted by Crippen LogP contribution is -2.13. The number of amides is 1. The first kappa shape index (κ1) is 22.9. The van der Waals surface area contributed by atoms with E-state index in [-0.39, 0.29) is 10.8 Å². The van der Waals surface area contributed by atoms with E-state index in [0.29, 0.717) is 29.5 Å². The summed E-state index contributed by atoms with van der Waals surface area (Å²) in [4.78, 5) is 12.3. The standard InChI is InChI=1S/C24H24N2O5S/c1-3-31-21-13-9-20(10-14-21)26-32(28,29)22-15-11-19(12-16-22)25-24(27)17-8-18-6-4-5-7-23(18)30-2/h4-17,26H,3H2,1-2H3,(H,25,27). The van der Waals surface area contributed by atoms with Gasteiger partial charge in [-0.2, -0.15) is 0 Å². The van der Waals surface area contributed by atoms with Gasteiger partial charge in [-0.25, -0.2) is 8.42 Å². The van der Waals surface area contributed by atoms with Gasteiger partial charge in [0.2, 0.25) is 5.91 Å². The van der Waals surface area contributed by atoms with Crippen LogP contribution >= 0.6 is 0 Å². The summed E-state index contributed by atoms with van der Waals surface area (Å²) in [6.07, 6.45) is 3.03. The molecule has 7 nitrogen and oxygen atoms in total. The van der Waals surface area contributed by atoms with Crippen molar-refractivity contribution in [1.82, 2.24) is 0 Å². The summed E-state index contributed by atoms with van der Waals surface area (Å²) in [5, 5.41) is 2.70. The largest absolute Gasteiger partial charge is 0.496 e. The zero-order valence-corrected chi connectivity index (χ0v) is 18.6. The third-order valence-corrected chi connectivity index (χ3v) is 5.80. The number of methoxy groups -OCH3 is 1. The number of carbonyl (C=O) groups is 1. The second-order valence-electron chi connectivity index (χ2n) is 6.65. The number of hydrogen-bond acceptors (Lipinski definition) is 5. The lowest BCUT2D eigenvalue weighted by molar-refractivity contribution is -0.111. The molecule has 0 heterocycles. The fraction of sp³-hybridized carbons (Fsp3) is 0.125. The molecule has 3 aromatic carbocycles. The van der Waals surface area contributed by atoms with Crippen molar-refractivity contribution in [3.8, 4) is 11.5 Å². The van der Waals surface area contributed by atoms with Crippen LogP contribution in [-0.2, 0) is 14.8 Å². The normalized spacial score (nSPS) is 11.2. The fourth-order valence-electron chi connectivity index (χ4n) is 2.87. The predicted molar refractivity (Wildman–Crippen MR) is 126 cm³/mol. The van der Waals surface area contributed by atoms with E-state index in [1.165, 1.54) is 30.3 Å². The van der Waals surface area contributed by atoms with Crippen molar-refractivity contribution in [2.24, 2.45) is 0 Å². The molecule has 32 heavy (non-hydrogen) atoms. The number of ether oxygens (including phenoxy) is 2. The smallest absolute Gasteiger partial charge is 0.261 e. The summed E-state index contributed by atoms with van der Waals surface area (Å²) < 4.78 is 38.3. The van der Waals surface area contributed by atoms with Gasteiger partial charge in [-0.3, -0.25) is 9.52 Å². The van der Waals surface area contributed by atoms with Crippen LogP contribution in [0, 0.1) is 0 Å². The minimum Gasteiger partial charge on any atom is -0.496 e. The van der Waals surface area contributed by atoms with Gasteiger partial charge in [0.25, 0.3) is 10.0 Å². The molecule has 3 aromatic rings. The minimum absolute atomic E-state index is 0.0777. The van der Waals surface area contributed by atoms with E-state index in [1.54, 1.807) is 43.5 Å². The molecule has 0 unspecified atom stereocenters. The number of rotatable bonds is 9. The molecule has 166 valence electrons. The van der Waals surface area contributed by atoms with Gasteiger partial charge in [0.1, 0.15) is 11.5 Å². The quantitative estimate of drug-likeness (QED) is 0.465. The molecule has 0 atom stereocenters. The second-order valence-corrected chi connectivity index (χ2v) is 8.33. The average Bonchev–Trinajstić information content (AvgIpc) is 2.79. The molecule has 2 N–H and O–H groups in total. The van der Waals surface area contributed by atoms with Crippen LogP contribution in [-0.4, -0.2) is 28.0 Å². The summed E-state index contributed by atoms with van der Waals surface area (Å²) in [6, 6.07) is 19.9. The number of carbonyl (C=O) groups excluding carboxylic acids is 1. The van der Waals surface area contributed by atoms with Gasteiger partial charge in [-0.05, 0) is 67.6 Å². The van der Waals surface area contributed by atoms with E-state index in [9.17, 15) is 13.2 Å². The molecule has 0 radical (unpaired) electrons. The van der Waals surface area contributed by atoms with Crippen LogP contribution in [0.15, 0.2) is 83.8 Å². The Morgan fingerprint density at radius 1 is 0.938 bits per heavy atom. The number of anilines is 2. The van der Waals surface area contributed by atoms with Gasteiger partial charge in [0, 0.05) is 23.0 Å². The van der Waals surface area contributed by atoms with Crippen LogP contribution in [0.4, 0.5) is 11.4 Å². The molecule has 0 aliphatic carbocycles. The van der Waals surface area contributed by atoms with Crippen molar-refractivity contribution >= 4 is 33.4 Å². The van der Waals surface area contributed by atoms with Crippen LogP contribution in [0.5, 0.6) is 11.5 Å². The Labute approximate surface area is 187 Å². The topological polar surface area (TPSA) is 93.7 Å². The van der Waals surface area contributed by atoms with Crippen LogP contribution in [0.1, 0.15) is 12.5 Å². The maximum atomic E-state index is 12.6. The van der Waals surface area contributed by atoms with Crippen molar-refractivity contribution in [2.75, 3.05) is 23.8 Å². The van der Waals surface area contributed by atoms with Crippen molar-refractivity contribution in [1.29, 1.82) is 0 Å². The Hall–Kier alpha value is -3.78. The molecule has 0 spiro atoms. The van der Waals surface area contributed by atoms with E-state index >= 15 is 0 Å². The van der Waals surface area contributed by atoms with Crippen LogP contribution < -0.4 is 19.5 Å². The van der Waals surface area contributed by atoms with Gasteiger partial charge in [-0.15, -0.1) is 0 Å². The Bertz CT molecular complexity index is 1190. The summed E-state index contributed by atoms with van der Waals surface area (Å²) in [7, 11) is -2.21. The highest BCUT2D eigenvalue weighted by Crippen LogP contribution is 2.21. The average molecular weight is 453 g/mol. The Morgan fingerprint density at radius 2 is 1.59 bits per heavy atom. The Kier molecular flexibility index (Phi) is 7.51. The first-order valence-corrected chi connectivity index (χ1v) is 11.4. The summed E-state index contributed by atoms with van der Waals surface area (Å²) in [5.74, 6) is 0.973.